The van der Waals surface area contributed by atoms with Crippen molar-refractivity contribution in [1.29, 1.82) is 0 Å². The van der Waals surface area contributed by atoms with Crippen LogP contribution in [0.4, 0.5) is 5.69 Å². The molecule has 1 amide bonds. The lowest BCUT2D eigenvalue weighted by atomic mass is 10.3. The minimum absolute atomic E-state index is 0.230. The van der Waals surface area contributed by atoms with Crippen LogP contribution < -0.4 is 5.32 Å². The van der Waals surface area contributed by atoms with Crippen molar-refractivity contribution in [1.82, 2.24) is 10.2 Å². The summed E-state index contributed by atoms with van der Waals surface area (Å²) in [6.07, 6.45) is 0. The van der Waals surface area contributed by atoms with Crippen LogP contribution in [0.1, 0.15) is 10.5 Å². The highest BCUT2D eigenvalue weighted by Crippen LogP contribution is 2.08. The number of nitrogens with zero attached hydrogens (tertiary/aromatic N) is 2. The lowest BCUT2D eigenvalue weighted by Gasteiger charge is -2.03. The van der Waals surface area contributed by atoms with Gasteiger partial charge in [-0.1, -0.05) is 29.8 Å². The monoisotopic (exact) mass is 233 g/mol. The van der Waals surface area contributed by atoms with Crippen LogP contribution >= 0.6 is 11.6 Å². The molecule has 80 valence electrons. The van der Waals surface area contributed by atoms with Crippen molar-refractivity contribution in [3.8, 4) is 0 Å². The van der Waals surface area contributed by atoms with Gasteiger partial charge in [-0.3, -0.25) is 4.79 Å². The maximum Gasteiger partial charge on any atom is 0.276 e. The number of aromatic nitrogens is 2. The van der Waals surface area contributed by atoms with Gasteiger partial charge in [0.2, 0.25) is 0 Å². The predicted molar refractivity (Wildman–Crippen MR) is 61.4 cm³/mol. The highest BCUT2D eigenvalue weighted by atomic mass is 35.5. The summed E-state index contributed by atoms with van der Waals surface area (Å²) in [6.45, 7) is 0. The molecule has 1 aromatic carbocycles. The average molecular weight is 234 g/mol. The molecule has 0 aliphatic rings. The standard InChI is InChI=1S/C11H8ClN3O/c12-10-7-6-9(14-15-10)11(16)13-8-4-2-1-3-5-8/h1-7H,(H,13,16). The van der Waals surface area contributed by atoms with E-state index < -0.39 is 0 Å². The summed E-state index contributed by atoms with van der Waals surface area (Å²) in [5, 5.41) is 10.2. The molecule has 1 heterocycles. The highest BCUT2D eigenvalue weighted by molar-refractivity contribution is 6.29. The molecule has 0 saturated carbocycles. The van der Waals surface area contributed by atoms with E-state index in [0.29, 0.717) is 5.69 Å². The number of carbonyl (C=O) groups is 1. The fraction of sp³-hybridized carbons (Fsp3) is 0. The minimum Gasteiger partial charge on any atom is -0.321 e. The highest BCUT2D eigenvalue weighted by Gasteiger charge is 2.07. The number of hydrogen-bond donors (Lipinski definition) is 1. The van der Waals surface area contributed by atoms with Gasteiger partial charge in [0.15, 0.2) is 10.8 Å². The Bertz CT molecular complexity index is 484. The van der Waals surface area contributed by atoms with Crippen LogP contribution in [0.5, 0.6) is 0 Å². The first-order chi connectivity index (χ1) is 7.75. The van der Waals surface area contributed by atoms with Gasteiger partial charge in [-0.05, 0) is 24.3 Å². The van der Waals surface area contributed by atoms with Crippen LogP contribution in [-0.4, -0.2) is 16.1 Å². The Morgan fingerprint density at radius 2 is 1.81 bits per heavy atom. The van der Waals surface area contributed by atoms with E-state index >= 15 is 0 Å². The molecule has 2 rings (SSSR count). The van der Waals surface area contributed by atoms with E-state index in [1.54, 1.807) is 12.1 Å². The molecule has 5 heteroatoms. The van der Waals surface area contributed by atoms with Gasteiger partial charge in [-0.25, -0.2) is 0 Å². The van der Waals surface area contributed by atoms with E-state index in [9.17, 15) is 4.79 Å². The molecule has 1 N–H and O–H groups in total. The molecule has 0 unspecified atom stereocenters. The second kappa shape index (κ2) is 4.72. The van der Waals surface area contributed by atoms with E-state index in [2.05, 4.69) is 15.5 Å². The summed E-state index contributed by atoms with van der Waals surface area (Å²) in [4.78, 5) is 11.7. The molecular formula is C11H8ClN3O. The van der Waals surface area contributed by atoms with Gasteiger partial charge in [-0.2, -0.15) is 0 Å². The number of carbonyl (C=O) groups excluding carboxylic acids is 1. The molecule has 0 atom stereocenters. The second-order valence-electron chi connectivity index (χ2n) is 3.06. The molecule has 4 nitrogen and oxygen atoms in total. The van der Waals surface area contributed by atoms with Crippen molar-refractivity contribution >= 4 is 23.2 Å². The Hall–Kier alpha value is -1.94. The number of hydrogen-bond acceptors (Lipinski definition) is 3. The third kappa shape index (κ3) is 2.55. The lowest BCUT2D eigenvalue weighted by molar-refractivity contribution is 0.102. The Labute approximate surface area is 97.3 Å². The smallest absolute Gasteiger partial charge is 0.276 e. The van der Waals surface area contributed by atoms with Crippen molar-refractivity contribution < 1.29 is 4.79 Å². The number of amides is 1. The minimum atomic E-state index is -0.310. The number of benzene rings is 1. The first-order valence-electron chi connectivity index (χ1n) is 4.61. The fourth-order valence-electron chi connectivity index (χ4n) is 1.15. The van der Waals surface area contributed by atoms with E-state index in [0.717, 1.165) is 0 Å². The number of rotatable bonds is 2. The normalized spacial score (nSPS) is 9.81. The van der Waals surface area contributed by atoms with Gasteiger partial charge in [0, 0.05) is 5.69 Å². The van der Waals surface area contributed by atoms with Crippen molar-refractivity contribution in [2.45, 2.75) is 0 Å². The fourth-order valence-corrected chi connectivity index (χ4v) is 1.25. The molecular weight excluding hydrogens is 226 g/mol. The Morgan fingerprint density at radius 3 is 2.44 bits per heavy atom. The van der Waals surface area contributed by atoms with Crippen LogP contribution in [0, 0.1) is 0 Å². The summed E-state index contributed by atoms with van der Waals surface area (Å²) >= 11 is 5.57. The SMILES string of the molecule is O=C(Nc1ccccc1)c1ccc(Cl)nn1. The Morgan fingerprint density at radius 1 is 1.06 bits per heavy atom. The van der Waals surface area contributed by atoms with Gasteiger partial charge in [0.1, 0.15) is 0 Å². The van der Waals surface area contributed by atoms with Crippen molar-refractivity contribution in [2.24, 2.45) is 0 Å². The van der Waals surface area contributed by atoms with Crippen LogP contribution in [0.2, 0.25) is 5.15 Å². The summed E-state index contributed by atoms with van der Waals surface area (Å²) in [5.41, 5.74) is 0.942. The summed E-state index contributed by atoms with van der Waals surface area (Å²) in [6, 6.07) is 12.2. The maximum atomic E-state index is 11.7. The summed E-state index contributed by atoms with van der Waals surface area (Å²) in [7, 11) is 0. The average Bonchev–Trinajstić information content (AvgIpc) is 2.31. The molecule has 1 aromatic heterocycles. The number of halogens is 1. The lowest BCUT2D eigenvalue weighted by Crippen LogP contribution is -2.14. The molecule has 0 fully saturated rings. The van der Waals surface area contributed by atoms with Crippen LogP contribution in [0.15, 0.2) is 42.5 Å². The quantitative estimate of drug-likeness (QED) is 0.867. The van der Waals surface area contributed by atoms with Crippen LogP contribution in [0.25, 0.3) is 0 Å². The molecule has 0 spiro atoms. The number of anilines is 1. The molecule has 0 bridgehead atoms. The van der Waals surface area contributed by atoms with Crippen LogP contribution in [0.3, 0.4) is 0 Å². The molecule has 0 saturated heterocycles. The first-order valence-corrected chi connectivity index (χ1v) is 4.99. The van der Waals surface area contributed by atoms with E-state index in [1.807, 2.05) is 18.2 Å². The topological polar surface area (TPSA) is 54.9 Å². The third-order valence-corrected chi connectivity index (χ3v) is 2.10. The largest absolute Gasteiger partial charge is 0.321 e. The molecule has 0 aliphatic carbocycles. The molecule has 0 radical (unpaired) electrons. The van der Waals surface area contributed by atoms with E-state index in [-0.39, 0.29) is 16.8 Å². The zero-order valence-electron chi connectivity index (χ0n) is 8.22. The van der Waals surface area contributed by atoms with E-state index in [4.69, 9.17) is 11.6 Å². The number of nitrogens with one attached hydrogen (secondary N) is 1. The van der Waals surface area contributed by atoms with E-state index in [1.165, 1.54) is 12.1 Å². The molecule has 16 heavy (non-hydrogen) atoms. The second-order valence-corrected chi connectivity index (χ2v) is 3.45. The van der Waals surface area contributed by atoms with Gasteiger partial charge < -0.3 is 5.32 Å². The van der Waals surface area contributed by atoms with Crippen molar-refractivity contribution in [2.75, 3.05) is 5.32 Å². The Kier molecular flexibility index (Phi) is 3.12. The summed E-state index contributed by atoms with van der Waals surface area (Å²) < 4.78 is 0. The Balaban J connectivity index is 2.12. The van der Waals surface area contributed by atoms with Crippen molar-refractivity contribution in [3.63, 3.8) is 0 Å². The molecule has 2 aromatic rings. The van der Waals surface area contributed by atoms with Crippen LogP contribution in [-0.2, 0) is 0 Å². The van der Waals surface area contributed by atoms with Gasteiger partial charge >= 0.3 is 0 Å². The zero-order valence-corrected chi connectivity index (χ0v) is 8.98. The third-order valence-electron chi connectivity index (χ3n) is 1.90. The maximum absolute atomic E-state index is 11.7. The first kappa shape index (κ1) is 10.6. The number of para-hydroxylation sites is 1. The van der Waals surface area contributed by atoms with Gasteiger partial charge in [0.05, 0.1) is 0 Å². The van der Waals surface area contributed by atoms with Crippen molar-refractivity contribution in [3.05, 3.63) is 53.3 Å². The van der Waals surface area contributed by atoms with Gasteiger partial charge in [0.25, 0.3) is 5.91 Å². The zero-order chi connectivity index (χ0) is 11.4. The summed E-state index contributed by atoms with van der Waals surface area (Å²) in [5.74, 6) is -0.310. The molecule has 0 aliphatic heterocycles. The van der Waals surface area contributed by atoms with Gasteiger partial charge in [-0.15, -0.1) is 10.2 Å². The predicted octanol–water partition coefficient (Wildman–Crippen LogP) is 2.38.